The number of carbonyl (C=O) groups excluding carboxylic acids is 1. The number of benzene rings is 1. The molecule has 23 heavy (non-hydrogen) atoms. The number of piperidine rings is 1. The average molecular weight is 317 g/mol. The van der Waals surface area contributed by atoms with E-state index in [-0.39, 0.29) is 18.1 Å². The average Bonchev–Trinajstić information content (AvgIpc) is 2.53. The molecule has 4 heteroatoms. The van der Waals surface area contributed by atoms with Crippen molar-refractivity contribution in [1.29, 1.82) is 0 Å². The quantitative estimate of drug-likeness (QED) is 0.784. The second-order valence-corrected chi connectivity index (χ2v) is 6.92. The molecule has 1 N–H and O–H groups in total. The fourth-order valence-corrected chi connectivity index (χ4v) is 3.18. The van der Waals surface area contributed by atoms with Gasteiger partial charge in [-0.05, 0) is 43.8 Å². The summed E-state index contributed by atoms with van der Waals surface area (Å²) >= 11 is 0. The molecule has 0 atom stereocenters. The minimum Gasteiger partial charge on any atom is -0.481 e. The molecular weight excluding hydrogens is 290 g/mol. The Balaban J connectivity index is 1.85. The standard InChI is InChI=1S/C19H27NO3/c1-14(2)13-15-3-5-16(6-4-15)19(23)17-7-10-20(11-8-17)12-9-18(21)22/h3-6,14,17H,7-13H2,1-2H3,(H,21,22). The number of hydrogen-bond acceptors (Lipinski definition) is 3. The van der Waals surface area contributed by atoms with E-state index >= 15 is 0 Å². The third-order valence-electron chi connectivity index (χ3n) is 4.48. The number of carbonyl (C=O) groups is 2. The molecule has 4 nitrogen and oxygen atoms in total. The number of hydrogen-bond donors (Lipinski definition) is 1. The van der Waals surface area contributed by atoms with E-state index in [9.17, 15) is 9.59 Å². The second-order valence-electron chi connectivity index (χ2n) is 6.92. The van der Waals surface area contributed by atoms with Gasteiger partial charge in [0.1, 0.15) is 0 Å². The summed E-state index contributed by atoms with van der Waals surface area (Å²) in [5, 5.41) is 8.73. The van der Waals surface area contributed by atoms with Crippen molar-refractivity contribution < 1.29 is 14.7 Å². The van der Waals surface area contributed by atoms with Crippen molar-refractivity contribution >= 4 is 11.8 Å². The summed E-state index contributed by atoms with van der Waals surface area (Å²) in [4.78, 5) is 25.3. The Morgan fingerprint density at radius 1 is 1.17 bits per heavy atom. The van der Waals surface area contributed by atoms with Gasteiger partial charge in [0.15, 0.2) is 5.78 Å². The van der Waals surface area contributed by atoms with E-state index in [0.29, 0.717) is 12.5 Å². The number of likely N-dealkylation sites (tertiary alicyclic amines) is 1. The second kappa shape index (κ2) is 8.25. The van der Waals surface area contributed by atoms with Gasteiger partial charge in [-0.25, -0.2) is 0 Å². The van der Waals surface area contributed by atoms with Crippen LogP contribution in [0.2, 0.25) is 0 Å². The molecule has 0 amide bonds. The zero-order chi connectivity index (χ0) is 16.8. The lowest BCUT2D eigenvalue weighted by Gasteiger charge is -2.30. The van der Waals surface area contributed by atoms with Crippen molar-refractivity contribution in [2.24, 2.45) is 11.8 Å². The van der Waals surface area contributed by atoms with E-state index < -0.39 is 5.97 Å². The number of ketones is 1. The van der Waals surface area contributed by atoms with E-state index in [2.05, 4.69) is 30.9 Å². The molecule has 126 valence electrons. The summed E-state index contributed by atoms with van der Waals surface area (Å²) in [6.45, 7) is 6.60. The van der Waals surface area contributed by atoms with Gasteiger partial charge < -0.3 is 10.0 Å². The Bertz CT molecular complexity index is 528. The predicted molar refractivity (Wildman–Crippen MR) is 90.7 cm³/mol. The molecular formula is C19H27NO3. The van der Waals surface area contributed by atoms with Crippen LogP contribution in [0.5, 0.6) is 0 Å². The molecule has 1 aromatic rings. The van der Waals surface area contributed by atoms with E-state index in [1.54, 1.807) is 0 Å². The highest BCUT2D eigenvalue weighted by atomic mass is 16.4. The van der Waals surface area contributed by atoms with Crippen LogP contribution in [-0.2, 0) is 11.2 Å². The number of carboxylic acid groups (broad SMARTS) is 1. The highest BCUT2D eigenvalue weighted by Crippen LogP contribution is 2.22. The van der Waals surface area contributed by atoms with E-state index in [1.165, 1.54) is 5.56 Å². The molecule has 1 fully saturated rings. The Kier molecular flexibility index (Phi) is 6.34. The summed E-state index contributed by atoms with van der Waals surface area (Å²) in [7, 11) is 0. The van der Waals surface area contributed by atoms with E-state index in [1.807, 2.05) is 12.1 Å². The van der Waals surface area contributed by atoms with Crippen LogP contribution in [0.15, 0.2) is 24.3 Å². The zero-order valence-corrected chi connectivity index (χ0v) is 14.1. The molecule has 1 aromatic carbocycles. The lowest BCUT2D eigenvalue weighted by molar-refractivity contribution is -0.137. The van der Waals surface area contributed by atoms with E-state index in [4.69, 9.17) is 5.11 Å². The normalized spacial score (nSPS) is 16.7. The van der Waals surface area contributed by atoms with Crippen molar-refractivity contribution in [3.05, 3.63) is 35.4 Å². The lowest BCUT2D eigenvalue weighted by atomic mass is 9.88. The van der Waals surface area contributed by atoms with Crippen LogP contribution < -0.4 is 0 Å². The molecule has 0 radical (unpaired) electrons. The highest BCUT2D eigenvalue weighted by Gasteiger charge is 2.25. The fraction of sp³-hybridized carbons (Fsp3) is 0.579. The van der Waals surface area contributed by atoms with Crippen LogP contribution in [-0.4, -0.2) is 41.4 Å². The summed E-state index contributed by atoms with van der Waals surface area (Å²) < 4.78 is 0. The van der Waals surface area contributed by atoms with Gasteiger partial charge in [-0.3, -0.25) is 9.59 Å². The van der Waals surface area contributed by atoms with Gasteiger partial charge in [-0.15, -0.1) is 0 Å². The van der Waals surface area contributed by atoms with Crippen molar-refractivity contribution in [3.8, 4) is 0 Å². The largest absolute Gasteiger partial charge is 0.481 e. The first-order valence-electron chi connectivity index (χ1n) is 8.53. The van der Waals surface area contributed by atoms with Crippen LogP contribution in [0.1, 0.15) is 49.0 Å². The minimum atomic E-state index is -0.760. The first kappa shape index (κ1) is 17.7. The van der Waals surface area contributed by atoms with Crippen molar-refractivity contribution in [2.75, 3.05) is 19.6 Å². The Labute approximate surface area is 138 Å². The molecule has 0 unspecified atom stereocenters. The van der Waals surface area contributed by atoms with Crippen LogP contribution in [0.25, 0.3) is 0 Å². The number of Topliss-reactive ketones (excluding diaryl/α,β-unsaturated/α-hetero) is 1. The fourth-order valence-electron chi connectivity index (χ4n) is 3.18. The number of nitrogens with zero attached hydrogens (tertiary/aromatic N) is 1. The van der Waals surface area contributed by atoms with Gasteiger partial charge in [-0.2, -0.15) is 0 Å². The minimum absolute atomic E-state index is 0.0760. The van der Waals surface area contributed by atoms with Gasteiger partial charge in [0.25, 0.3) is 0 Å². The maximum Gasteiger partial charge on any atom is 0.304 e. The monoisotopic (exact) mass is 317 g/mol. The van der Waals surface area contributed by atoms with Gasteiger partial charge >= 0.3 is 5.97 Å². The topological polar surface area (TPSA) is 57.6 Å². The number of rotatable bonds is 7. The Hall–Kier alpha value is -1.68. The molecule has 1 aliphatic rings. The molecule has 0 saturated carbocycles. The highest BCUT2D eigenvalue weighted by molar-refractivity contribution is 5.97. The first-order valence-corrected chi connectivity index (χ1v) is 8.53. The maximum atomic E-state index is 12.6. The summed E-state index contributed by atoms with van der Waals surface area (Å²) in [5.41, 5.74) is 2.08. The van der Waals surface area contributed by atoms with E-state index in [0.717, 1.165) is 37.9 Å². The van der Waals surface area contributed by atoms with Crippen molar-refractivity contribution in [1.82, 2.24) is 4.90 Å². The SMILES string of the molecule is CC(C)Cc1ccc(C(=O)C2CCN(CCC(=O)O)CC2)cc1. The van der Waals surface area contributed by atoms with Crippen LogP contribution >= 0.6 is 0 Å². The molecule has 1 saturated heterocycles. The van der Waals surface area contributed by atoms with Gasteiger partial charge in [0, 0.05) is 18.0 Å². The molecule has 0 aliphatic carbocycles. The first-order chi connectivity index (χ1) is 11.0. The van der Waals surface area contributed by atoms with Gasteiger partial charge in [-0.1, -0.05) is 38.1 Å². The molecule has 2 rings (SSSR count). The zero-order valence-electron chi connectivity index (χ0n) is 14.1. The van der Waals surface area contributed by atoms with Gasteiger partial charge in [0.2, 0.25) is 0 Å². The third kappa shape index (κ3) is 5.47. The Morgan fingerprint density at radius 2 is 1.78 bits per heavy atom. The molecule has 0 aromatic heterocycles. The summed E-state index contributed by atoms with van der Waals surface area (Å²) in [6, 6.07) is 8.04. The van der Waals surface area contributed by atoms with Crippen molar-refractivity contribution in [2.45, 2.75) is 39.5 Å². The predicted octanol–water partition coefficient (Wildman–Crippen LogP) is 3.25. The number of carboxylic acids is 1. The number of aliphatic carboxylic acids is 1. The van der Waals surface area contributed by atoms with Gasteiger partial charge in [0.05, 0.1) is 6.42 Å². The summed E-state index contributed by atoms with van der Waals surface area (Å²) in [5.74, 6) is 0.169. The van der Waals surface area contributed by atoms with Crippen LogP contribution in [0, 0.1) is 11.8 Å². The third-order valence-corrected chi connectivity index (χ3v) is 4.48. The molecule has 1 heterocycles. The van der Waals surface area contributed by atoms with Crippen LogP contribution in [0.4, 0.5) is 0 Å². The van der Waals surface area contributed by atoms with Crippen molar-refractivity contribution in [3.63, 3.8) is 0 Å². The molecule has 0 spiro atoms. The molecule has 0 bridgehead atoms. The summed E-state index contributed by atoms with van der Waals surface area (Å²) in [6.07, 6.45) is 2.87. The maximum absolute atomic E-state index is 12.6. The smallest absolute Gasteiger partial charge is 0.304 e. The molecule has 1 aliphatic heterocycles. The Morgan fingerprint density at radius 3 is 2.30 bits per heavy atom. The van der Waals surface area contributed by atoms with Crippen LogP contribution in [0.3, 0.4) is 0 Å². The lowest BCUT2D eigenvalue weighted by Crippen LogP contribution is -2.37.